The Labute approximate surface area is 140 Å². The van der Waals surface area contributed by atoms with E-state index in [2.05, 4.69) is 20.8 Å². The molecule has 2 aromatic heterocycles. The van der Waals surface area contributed by atoms with Crippen molar-refractivity contribution in [3.63, 3.8) is 0 Å². The molecule has 8 heteroatoms. The van der Waals surface area contributed by atoms with Crippen LogP contribution in [0.1, 0.15) is 16.2 Å². The molecule has 0 bridgehead atoms. The second-order valence-corrected chi connectivity index (χ2v) is 5.78. The van der Waals surface area contributed by atoms with E-state index in [1.54, 1.807) is 35.8 Å². The quantitative estimate of drug-likeness (QED) is 0.635. The fourth-order valence-corrected chi connectivity index (χ4v) is 2.83. The van der Waals surface area contributed by atoms with Crippen molar-refractivity contribution in [3.05, 3.63) is 65.2 Å². The van der Waals surface area contributed by atoms with E-state index in [4.69, 9.17) is 0 Å². The summed E-state index contributed by atoms with van der Waals surface area (Å²) in [7, 11) is 0. The summed E-state index contributed by atoms with van der Waals surface area (Å²) in [6, 6.07) is 9.38. The third kappa shape index (κ3) is 3.85. The molecular formula is C16H13FN4O2S. The number of nitrogens with zero attached hydrogens (tertiary/aromatic N) is 1. The lowest BCUT2D eigenvalue weighted by Crippen LogP contribution is -2.42. The van der Waals surface area contributed by atoms with Gasteiger partial charge in [0.25, 0.3) is 5.91 Å². The third-order valence-corrected chi connectivity index (χ3v) is 4.06. The zero-order valence-corrected chi connectivity index (χ0v) is 13.2. The van der Waals surface area contributed by atoms with Crippen LogP contribution in [-0.2, 0) is 11.2 Å². The van der Waals surface area contributed by atoms with Gasteiger partial charge in [-0.1, -0.05) is 12.1 Å². The summed E-state index contributed by atoms with van der Waals surface area (Å²) < 4.78 is 13.2. The maximum atomic E-state index is 13.2. The fourth-order valence-electron chi connectivity index (χ4n) is 2.02. The summed E-state index contributed by atoms with van der Waals surface area (Å²) in [6.45, 7) is 0. The Morgan fingerprint density at radius 1 is 1.21 bits per heavy atom. The van der Waals surface area contributed by atoms with Gasteiger partial charge in [0, 0.05) is 17.1 Å². The van der Waals surface area contributed by atoms with Crippen molar-refractivity contribution in [1.29, 1.82) is 0 Å². The van der Waals surface area contributed by atoms with Crippen molar-refractivity contribution in [3.8, 4) is 10.6 Å². The minimum atomic E-state index is -0.438. The summed E-state index contributed by atoms with van der Waals surface area (Å²) >= 11 is 1.33. The van der Waals surface area contributed by atoms with Gasteiger partial charge in [-0.15, -0.1) is 11.3 Å². The van der Waals surface area contributed by atoms with Gasteiger partial charge in [0.1, 0.15) is 16.5 Å². The van der Waals surface area contributed by atoms with Crippen LogP contribution in [-0.4, -0.2) is 21.8 Å². The molecule has 0 saturated heterocycles. The van der Waals surface area contributed by atoms with Crippen molar-refractivity contribution in [2.24, 2.45) is 0 Å². The molecule has 3 aromatic rings. The van der Waals surface area contributed by atoms with Crippen LogP contribution in [0.3, 0.4) is 0 Å². The summed E-state index contributed by atoms with van der Waals surface area (Å²) in [5.41, 5.74) is 6.18. The summed E-state index contributed by atoms with van der Waals surface area (Å²) in [5.74, 6) is -1.17. The number of thiazole rings is 1. The monoisotopic (exact) mass is 344 g/mol. The number of amides is 2. The Balaban J connectivity index is 1.56. The molecule has 0 aliphatic rings. The highest BCUT2D eigenvalue weighted by Crippen LogP contribution is 2.24. The Morgan fingerprint density at radius 3 is 2.83 bits per heavy atom. The van der Waals surface area contributed by atoms with E-state index in [1.807, 2.05) is 0 Å². The second-order valence-electron chi connectivity index (χ2n) is 4.92. The van der Waals surface area contributed by atoms with Gasteiger partial charge < -0.3 is 4.98 Å². The van der Waals surface area contributed by atoms with Crippen molar-refractivity contribution in [2.75, 3.05) is 0 Å². The number of hydrazine groups is 1. The number of hydrogen-bond acceptors (Lipinski definition) is 4. The lowest BCUT2D eigenvalue weighted by atomic mass is 10.2. The van der Waals surface area contributed by atoms with Crippen LogP contribution in [0.15, 0.2) is 48.0 Å². The van der Waals surface area contributed by atoms with E-state index in [0.29, 0.717) is 22.0 Å². The molecule has 0 aliphatic heterocycles. The number of nitrogens with one attached hydrogen (secondary N) is 3. The van der Waals surface area contributed by atoms with Crippen molar-refractivity contribution in [1.82, 2.24) is 20.8 Å². The Morgan fingerprint density at radius 2 is 2.08 bits per heavy atom. The average Bonchev–Trinajstić information content (AvgIpc) is 3.24. The van der Waals surface area contributed by atoms with Gasteiger partial charge in [0.2, 0.25) is 5.91 Å². The van der Waals surface area contributed by atoms with Gasteiger partial charge in [-0.25, -0.2) is 9.37 Å². The number of aromatic amines is 1. The van der Waals surface area contributed by atoms with Crippen LogP contribution in [0, 0.1) is 5.82 Å². The molecule has 122 valence electrons. The van der Waals surface area contributed by atoms with Crippen LogP contribution >= 0.6 is 11.3 Å². The van der Waals surface area contributed by atoms with Gasteiger partial charge in [0.15, 0.2) is 0 Å². The van der Waals surface area contributed by atoms with Gasteiger partial charge in [-0.2, -0.15) is 0 Å². The predicted molar refractivity (Wildman–Crippen MR) is 87.6 cm³/mol. The van der Waals surface area contributed by atoms with Crippen LogP contribution in [0.2, 0.25) is 0 Å². The highest BCUT2D eigenvalue weighted by atomic mass is 32.1. The molecular weight excluding hydrogens is 331 g/mol. The van der Waals surface area contributed by atoms with Gasteiger partial charge in [0.05, 0.1) is 12.1 Å². The first-order valence-corrected chi connectivity index (χ1v) is 7.93. The molecule has 3 N–H and O–H groups in total. The smallest absolute Gasteiger partial charge is 0.286 e. The molecule has 0 fully saturated rings. The van der Waals surface area contributed by atoms with E-state index in [-0.39, 0.29) is 12.2 Å². The lowest BCUT2D eigenvalue weighted by molar-refractivity contribution is -0.121. The topological polar surface area (TPSA) is 86.9 Å². The summed E-state index contributed by atoms with van der Waals surface area (Å²) in [6.07, 6.45) is 1.62. The van der Waals surface area contributed by atoms with Gasteiger partial charge in [-0.05, 0) is 24.3 Å². The zero-order chi connectivity index (χ0) is 16.9. The van der Waals surface area contributed by atoms with Crippen LogP contribution in [0.25, 0.3) is 10.6 Å². The lowest BCUT2D eigenvalue weighted by Gasteiger charge is -2.05. The number of H-pyrrole nitrogens is 1. The SMILES string of the molecule is O=C(Cc1csc(-c2cccc(F)c2)n1)NNC(=O)c1ccc[nH]1. The minimum absolute atomic E-state index is 0.0107. The molecule has 1 aromatic carbocycles. The van der Waals surface area contributed by atoms with Gasteiger partial charge in [-0.3, -0.25) is 20.4 Å². The number of rotatable bonds is 4. The first-order chi connectivity index (χ1) is 11.6. The van der Waals surface area contributed by atoms with Crippen molar-refractivity contribution < 1.29 is 14.0 Å². The van der Waals surface area contributed by atoms with E-state index < -0.39 is 11.8 Å². The number of hydrogen-bond donors (Lipinski definition) is 3. The van der Waals surface area contributed by atoms with E-state index >= 15 is 0 Å². The standard InChI is InChI=1S/C16H13FN4O2S/c17-11-4-1-3-10(7-11)16-19-12(9-24-16)8-14(22)20-21-15(23)13-5-2-6-18-13/h1-7,9,18H,8H2,(H,20,22)(H,21,23). The number of halogens is 1. The van der Waals surface area contributed by atoms with Crippen LogP contribution in [0.4, 0.5) is 4.39 Å². The van der Waals surface area contributed by atoms with Gasteiger partial charge >= 0.3 is 0 Å². The average molecular weight is 344 g/mol. The van der Waals surface area contributed by atoms with Crippen molar-refractivity contribution >= 4 is 23.2 Å². The Hall–Kier alpha value is -3.00. The molecule has 6 nitrogen and oxygen atoms in total. The second kappa shape index (κ2) is 7.05. The minimum Gasteiger partial charge on any atom is -0.357 e. The van der Waals surface area contributed by atoms with E-state index in [0.717, 1.165) is 0 Å². The predicted octanol–water partition coefficient (Wildman–Crippen LogP) is 2.28. The molecule has 2 amide bonds. The molecule has 3 rings (SSSR count). The van der Waals surface area contributed by atoms with Crippen molar-refractivity contribution in [2.45, 2.75) is 6.42 Å². The maximum Gasteiger partial charge on any atom is 0.286 e. The summed E-state index contributed by atoms with van der Waals surface area (Å²) in [5, 5.41) is 2.36. The first-order valence-electron chi connectivity index (χ1n) is 7.05. The Bertz CT molecular complexity index is 861. The normalized spacial score (nSPS) is 10.4. The third-order valence-electron chi connectivity index (χ3n) is 3.12. The molecule has 2 heterocycles. The number of carbonyl (C=O) groups excluding carboxylic acids is 2. The van der Waals surface area contributed by atoms with Crippen LogP contribution < -0.4 is 10.9 Å². The number of benzene rings is 1. The fraction of sp³-hybridized carbons (Fsp3) is 0.0625. The molecule has 0 saturated carbocycles. The van der Waals surface area contributed by atoms with E-state index in [9.17, 15) is 14.0 Å². The molecule has 24 heavy (non-hydrogen) atoms. The zero-order valence-electron chi connectivity index (χ0n) is 12.4. The molecule has 0 spiro atoms. The van der Waals surface area contributed by atoms with Crippen LogP contribution in [0.5, 0.6) is 0 Å². The number of carbonyl (C=O) groups is 2. The highest BCUT2D eigenvalue weighted by molar-refractivity contribution is 7.13. The summed E-state index contributed by atoms with van der Waals surface area (Å²) in [4.78, 5) is 30.6. The molecule has 0 radical (unpaired) electrons. The molecule has 0 aliphatic carbocycles. The highest BCUT2D eigenvalue weighted by Gasteiger charge is 2.11. The van der Waals surface area contributed by atoms with E-state index in [1.165, 1.54) is 23.5 Å². The largest absolute Gasteiger partial charge is 0.357 e. The molecule has 0 unspecified atom stereocenters. The maximum absolute atomic E-state index is 13.2. The number of aromatic nitrogens is 2. The molecule has 0 atom stereocenters. The Kier molecular flexibility index (Phi) is 4.66. The first kappa shape index (κ1) is 15.9.